The lowest BCUT2D eigenvalue weighted by atomic mass is 10.00. The van der Waals surface area contributed by atoms with Crippen LogP contribution in [0.3, 0.4) is 0 Å². The molecule has 0 aromatic carbocycles. The molecule has 18 heavy (non-hydrogen) atoms. The number of aromatic amines is 1. The molecule has 0 saturated heterocycles. The summed E-state index contributed by atoms with van der Waals surface area (Å²) in [5, 5.41) is 14.9. The van der Waals surface area contributed by atoms with Crippen LogP contribution in [0.1, 0.15) is 17.3 Å². The molecule has 0 aliphatic carbocycles. The minimum Gasteiger partial charge on any atom is -0.479 e. The van der Waals surface area contributed by atoms with Crippen molar-refractivity contribution in [3.8, 4) is 0 Å². The Morgan fingerprint density at radius 2 is 2.17 bits per heavy atom. The van der Waals surface area contributed by atoms with Gasteiger partial charge in [-0.3, -0.25) is 9.89 Å². The maximum absolute atomic E-state index is 12.4. The van der Waals surface area contributed by atoms with Gasteiger partial charge in [-0.2, -0.15) is 18.3 Å². The van der Waals surface area contributed by atoms with Gasteiger partial charge >= 0.3 is 18.1 Å². The number of hydrogen-bond donors (Lipinski definition) is 2. The zero-order valence-corrected chi connectivity index (χ0v) is 8.86. The molecule has 2 rings (SSSR count). The largest absolute Gasteiger partial charge is 0.479 e. The molecule has 0 spiro atoms. The third-order valence-corrected chi connectivity index (χ3v) is 2.70. The molecular formula is C9H8F3N3O3. The first-order valence-corrected chi connectivity index (χ1v) is 4.95. The number of aromatic nitrogens is 2. The van der Waals surface area contributed by atoms with Crippen LogP contribution in [-0.2, 0) is 16.0 Å². The lowest BCUT2D eigenvalue weighted by molar-refractivity contribution is -0.190. The fourth-order valence-corrected chi connectivity index (χ4v) is 1.92. The highest BCUT2D eigenvalue weighted by Crippen LogP contribution is 2.31. The average molecular weight is 263 g/mol. The molecule has 6 nitrogen and oxygen atoms in total. The van der Waals surface area contributed by atoms with E-state index < -0.39 is 24.1 Å². The van der Waals surface area contributed by atoms with Crippen LogP contribution < -0.4 is 0 Å². The van der Waals surface area contributed by atoms with Crippen LogP contribution in [-0.4, -0.2) is 44.8 Å². The van der Waals surface area contributed by atoms with Crippen LogP contribution in [0.4, 0.5) is 13.2 Å². The smallest absolute Gasteiger partial charge is 0.471 e. The Hall–Kier alpha value is -2.06. The van der Waals surface area contributed by atoms with Crippen molar-refractivity contribution in [1.82, 2.24) is 15.1 Å². The fraction of sp³-hybridized carbons (Fsp3) is 0.444. The van der Waals surface area contributed by atoms with Crippen molar-refractivity contribution in [1.29, 1.82) is 0 Å². The maximum Gasteiger partial charge on any atom is 0.471 e. The van der Waals surface area contributed by atoms with E-state index >= 15 is 0 Å². The van der Waals surface area contributed by atoms with Crippen molar-refractivity contribution in [2.45, 2.75) is 18.6 Å². The number of alkyl halides is 3. The molecule has 1 unspecified atom stereocenters. The van der Waals surface area contributed by atoms with Crippen LogP contribution in [0.25, 0.3) is 0 Å². The standard InChI is InChI=1S/C9H8F3N3O3/c10-9(11,12)8(18)15-2-1-4-3-13-14-5(4)6(15)7(16)17/h3,6H,1-2H2,(H,13,14)(H,16,17). The number of amides is 1. The summed E-state index contributed by atoms with van der Waals surface area (Å²) >= 11 is 0. The van der Waals surface area contributed by atoms with Crippen LogP contribution in [0.5, 0.6) is 0 Å². The zero-order chi connectivity index (χ0) is 13.5. The number of hydrogen-bond acceptors (Lipinski definition) is 3. The molecular weight excluding hydrogens is 255 g/mol. The van der Waals surface area contributed by atoms with Gasteiger partial charge in [0, 0.05) is 6.54 Å². The number of nitrogens with one attached hydrogen (secondary N) is 1. The van der Waals surface area contributed by atoms with Crippen LogP contribution in [0.2, 0.25) is 0 Å². The third kappa shape index (κ3) is 1.91. The van der Waals surface area contributed by atoms with E-state index in [0.29, 0.717) is 10.5 Å². The Balaban J connectivity index is 2.39. The highest BCUT2D eigenvalue weighted by atomic mass is 19.4. The number of nitrogens with zero attached hydrogens (tertiary/aromatic N) is 2. The van der Waals surface area contributed by atoms with E-state index in [1.54, 1.807) is 0 Å². The van der Waals surface area contributed by atoms with Gasteiger partial charge in [-0.15, -0.1) is 0 Å². The highest BCUT2D eigenvalue weighted by molar-refractivity contribution is 5.88. The van der Waals surface area contributed by atoms with E-state index in [-0.39, 0.29) is 18.7 Å². The predicted molar refractivity (Wildman–Crippen MR) is 50.4 cm³/mol. The summed E-state index contributed by atoms with van der Waals surface area (Å²) in [4.78, 5) is 22.5. The van der Waals surface area contributed by atoms with E-state index in [4.69, 9.17) is 5.11 Å². The Bertz CT molecular complexity index is 497. The van der Waals surface area contributed by atoms with E-state index in [1.165, 1.54) is 6.20 Å². The third-order valence-electron chi connectivity index (χ3n) is 2.70. The molecule has 98 valence electrons. The van der Waals surface area contributed by atoms with Gasteiger partial charge in [-0.1, -0.05) is 0 Å². The molecule has 0 bridgehead atoms. The monoisotopic (exact) mass is 263 g/mol. The minimum atomic E-state index is -5.09. The summed E-state index contributed by atoms with van der Waals surface area (Å²) in [6.45, 7) is -0.304. The Morgan fingerprint density at radius 3 is 2.72 bits per heavy atom. The Labute approximate surface area is 98.4 Å². The van der Waals surface area contributed by atoms with Crippen molar-refractivity contribution >= 4 is 11.9 Å². The first-order valence-electron chi connectivity index (χ1n) is 4.95. The number of halogens is 3. The first kappa shape index (κ1) is 12.4. The lowest BCUT2D eigenvalue weighted by Crippen LogP contribution is -2.48. The summed E-state index contributed by atoms with van der Waals surface area (Å²) in [6, 6.07) is -1.68. The van der Waals surface area contributed by atoms with Gasteiger partial charge in [0.2, 0.25) is 0 Å². The number of rotatable bonds is 1. The molecule has 1 aromatic rings. The van der Waals surface area contributed by atoms with E-state index in [0.717, 1.165) is 0 Å². The maximum atomic E-state index is 12.4. The SMILES string of the molecule is O=C(O)C1c2[nH]ncc2CCN1C(=O)C(F)(F)F. The number of carbonyl (C=O) groups excluding carboxylic acids is 1. The fourth-order valence-electron chi connectivity index (χ4n) is 1.92. The van der Waals surface area contributed by atoms with Crippen LogP contribution in [0.15, 0.2) is 6.20 Å². The van der Waals surface area contributed by atoms with Crippen molar-refractivity contribution in [2.24, 2.45) is 0 Å². The molecule has 0 saturated carbocycles. The van der Waals surface area contributed by atoms with Crippen molar-refractivity contribution < 1.29 is 27.9 Å². The van der Waals surface area contributed by atoms with Gasteiger partial charge in [0.1, 0.15) is 0 Å². The number of aliphatic carboxylic acids is 1. The van der Waals surface area contributed by atoms with Gasteiger partial charge < -0.3 is 10.0 Å². The summed E-state index contributed by atoms with van der Waals surface area (Å²) < 4.78 is 37.1. The second kappa shape index (κ2) is 4.00. The lowest BCUT2D eigenvalue weighted by Gasteiger charge is -2.32. The van der Waals surface area contributed by atoms with Gasteiger partial charge in [0.05, 0.1) is 11.9 Å². The molecule has 2 heterocycles. The quantitative estimate of drug-likeness (QED) is 0.771. The number of carboxylic acid groups (broad SMARTS) is 1. The van der Waals surface area contributed by atoms with E-state index in [1.807, 2.05) is 0 Å². The van der Waals surface area contributed by atoms with Gasteiger partial charge in [0.25, 0.3) is 0 Å². The molecule has 1 aromatic heterocycles. The second-order valence-electron chi connectivity index (χ2n) is 3.80. The number of fused-ring (bicyclic) bond motifs is 1. The predicted octanol–water partition coefficient (Wildman–Crippen LogP) is 0.482. The van der Waals surface area contributed by atoms with Crippen molar-refractivity contribution in [3.05, 3.63) is 17.5 Å². The summed E-state index contributed by atoms with van der Waals surface area (Å²) in [5.74, 6) is -3.69. The van der Waals surface area contributed by atoms with Gasteiger partial charge in [-0.05, 0) is 12.0 Å². The van der Waals surface area contributed by atoms with Crippen molar-refractivity contribution in [2.75, 3.05) is 6.54 Å². The molecule has 2 N–H and O–H groups in total. The molecule has 1 atom stereocenters. The minimum absolute atomic E-state index is 0.0198. The van der Waals surface area contributed by atoms with Crippen molar-refractivity contribution in [3.63, 3.8) is 0 Å². The Morgan fingerprint density at radius 1 is 1.50 bits per heavy atom. The molecule has 1 amide bonds. The summed E-state index contributed by atoms with van der Waals surface area (Å²) in [5.41, 5.74) is 0.528. The highest BCUT2D eigenvalue weighted by Gasteiger charge is 2.48. The van der Waals surface area contributed by atoms with Gasteiger partial charge in [-0.25, -0.2) is 4.79 Å². The molecule has 9 heteroatoms. The van der Waals surface area contributed by atoms with Crippen LogP contribution >= 0.6 is 0 Å². The van der Waals surface area contributed by atoms with Gasteiger partial charge in [0.15, 0.2) is 6.04 Å². The number of carboxylic acids is 1. The van der Waals surface area contributed by atoms with E-state index in [2.05, 4.69) is 10.2 Å². The molecule has 0 fully saturated rings. The Kier molecular flexibility index (Phi) is 2.76. The second-order valence-corrected chi connectivity index (χ2v) is 3.80. The average Bonchev–Trinajstić information content (AvgIpc) is 2.72. The first-order chi connectivity index (χ1) is 8.32. The normalized spacial score (nSPS) is 19.5. The molecule has 1 aliphatic heterocycles. The van der Waals surface area contributed by atoms with E-state index in [9.17, 15) is 22.8 Å². The summed E-state index contributed by atoms with van der Waals surface area (Å²) in [6.07, 6.45) is -3.61. The molecule has 1 aliphatic rings. The number of H-pyrrole nitrogens is 1. The topological polar surface area (TPSA) is 86.3 Å². The number of carbonyl (C=O) groups is 2. The van der Waals surface area contributed by atoms with Crippen LogP contribution in [0, 0.1) is 0 Å². The molecule has 0 radical (unpaired) electrons. The zero-order valence-electron chi connectivity index (χ0n) is 8.86. The summed E-state index contributed by atoms with van der Waals surface area (Å²) in [7, 11) is 0.